The highest BCUT2D eigenvalue weighted by molar-refractivity contribution is 7.90. The lowest BCUT2D eigenvalue weighted by Gasteiger charge is -2.02. The van der Waals surface area contributed by atoms with Crippen LogP contribution in [0, 0.1) is 13.8 Å². The van der Waals surface area contributed by atoms with Crippen LogP contribution in [0.5, 0.6) is 0 Å². The van der Waals surface area contributed by atoms with Crippen molar-refractivity contribution in [3.05, 3.63) is 53.3 Å². The van der Waals surface area contributed by atoms with E-state index >= 15 is 0 Å². The lowest BCUT2D eigenvalue weighted by molar-refractivity contribution is -0.115. The molecular formula is C20H18N2O4S2. The van der Waals surface area contributed by atoms with Gasteiger partial charge >= 0.3 is 0 Å². The van der Waals surface area contributed by atoms with Gasteiger partial charge in [0.05, 0.1) is 27.8 Å². The number of carbonyl (C=O) groups is 1. The smallest absolute Gasteiger partial charge is 0.230 e. The molecule has 2 aromatic heterocycles. The molecule has 8 heteroatoms. The topological polar surface area (TPSA) is 89.3 Å². The molecule has 1 amide bonds. The Labute approximate surface area is 166 Å². The summed E-state index contributed by atoms with van der Waals surface area (Å²) < 4.78 is 29.7. The number of furan rings is 1. The second kappa shape index (κ2) is 6.72. The second-order valence-electron chi connectivity index (χ2n) is 6.84. The van der Waals surface area contributed by atoms with Gasteiger partial charge in [0.25, 0.3) is 0 Å². The first-order valence-corrected chi connectivity index (χ1v) is 11.3. The number of anilines is 1. The van der Waals surface area contributed by atoms with Crippen LogP contribution in [0.2, 0.25) is 0 Å². The average Bonchev–Trinajstić information content (AvgIpc) is 3.17. The van der Waals surface area contributed by atoms with E-state index in [9.17, 15) is 13.2 Å². The Hall–Kier alpha value is -2.71. The highest BCUT2D eigenvalue weighted by Gasteiger charge is 2.15. The number of benzene rings is 2. The van der Waals surface area contributed by atoms with Gasteiger partial charge in [0, 0.05) is 17.2 Å². The molecule has 0 aliphatic carbocycles. The van der Waals surface area contributed by atoms with Crippen LogP contribution in [0.1, 0.15) is 16.7 Å². The summed E-state index contributed by atoms with van der Waals surface area (Å²) in [5, 5.41) is 4.16. The number of carbonyl (C=O) groups excluding carboxylic acids is 1. The number of rotatable bonds is 4. The normalized spacial score (nSPS) is 12.0. The molecule has 0 aliphatic heterocycles. The van der Waals surface area contributed by atoms with Crippen LogP contribution in [0.25, 0.3) is 21.2 Å². The van der Waals surface area contributed by atoms with E-state index in [4.69, 9.17) is 4.42 Å². The largest absolute Gasteiger partial charge is 0.464 e. The Balaban J connectivity index is 1.56. The zero-order chi connectivity index (χ0) is 20.1. The number of aryl methyl sites for hydroxylation is 2. The number of hydrogen-bond donors (Lipinski definition) is 1. The summed E-state index contributed by atoms with van der Waals surface area (Å²) in [6.45, 7) is 4.05. The van der Waals surface area contributed by atoms with Crippen molar-refractivity contribution >= 4 is 53.4 Å². The molecule has 0 unspecified atom stereocenters. The van der Waals surface area contributed by atoms with Crippen molar-refractivity contribution < 1.29 is 17.6 Å². The van der Waals surface area contributed by atoms with Gasteiger partial charge in [0.15, 0.2) is 15.0 Å². The van der Waals surface area contributed by atoms with Gasteiger partial charge in [-0.2, -0.15) is 0 Å². The first-order valence-electron chi connectivity index (χ1n) is 8.58. The van der Waals surface area contributed by atoms with Crippen molar-refractivity contribution in [1.29, 1.82) is 0 Å². The van der Waals surface area contributed by atoms with Crippen LogP contribution in [-0.2, 0) is 21.1 Å². The molecule has 0 spiro atoms. The number of fused-ring (bicyclic) bond motifs is 2. The summed E-state index contributed by atoms with van der Waals surface area (Å²) in [4.78, 5) is 17.1. The summed E-state index contributed by atoms with van der Waals surface area (Å²) in [7, 11) is -3.29. The summed E-state index contributed by atoms with van der Waals surface area (Å²) in [5.41, 5.74) is 4.51. The minimum absolute atomic E-state index is 0.167. The molecule has 0 bridgehead atoms. The van der Waals surface area contributed by atoms with E-state index in [0.717, 1.165) is 33.9 Å². The van der Waals surface area contributed by atoms with Gasteiger partial charge in [-0.1, -0.05) is 11.3 Å². The molecule has 2 aromatic carbocycles. The van der Waals surface area contributed by atoms with Crippen LogP contribution in [0.15, 0.2) is 45.9 Å². The zero-order valence-electron chi connectivity index (χ0n) is 15.6. The quantitative estimate of drug-likeness (QED) is 0.539. The van der Waals surface area contributed by atoms with Crippen LogP contribution in [0.4, 0.5) is 5.13 Å². The van der Waals surface area contributed by atoms with E-state index in [-0.39, 0.29) is 17.2 Å². The maximum absolute atomic E-state index is 12.5. The fraction of sp³-hybridized carbons (Fsp3) is 0.200. The first-order chi connectivity index (χ1) is 13.2. The van der Waals surface area contributed by atoms with Crippen LogP contribution in [-0.4, -0.2) is 25.6 Å². The highest BCUT2D eigenvalue weighted by atomic mass is 32.2. The van der Waals surface area contributed by atoms with E-state index in [0.29, 0.717) is 15.3 Å². The molecule has 2 heterocycles. The lowest BCUT2D eigenvalue weighted by atomic mass is 10.0. The van der Waals surface area contributed by atoms with Crippen molar-refractivity contribution in [2.45, 2.75) is 25.2 Å². The van der Waals surface area contributed by atoms with Gasteiger partial charge in [-0.3, -0.25) is 4.79 Å². The molecule has 144 valence electrons. The first kappa shape index (κ1) is 18.6. The number of nitrogens with one attached hydrogen (secondary N) is 1. The Morgan fingerprint density at radius 2 is 1.93 bits per heavy atom. The van der Waals surface area contributed by atoms with Crippen molar-refractivity contribution in [3.63, 3.8) is 0 Å². The minimum Gasteiger partial charge on any atom is -0.464 e. The molecular weight excluding hydrogens is 396 g/mol. The fourth-order valence-electron chi connectivity index (χ4n) is 3.00. The Morgan fingerprint density at radius 3 is 2.68 bits per heavy atom. The molecule has 0 radical (unpaired) electrons. The zero-order valence-corrected chi connectivity index (χ0v) is 17.2. The van der Waals surface area contributed by atoms with E-state index in [1.165, 1.54) is 17.4 Å². The van der Waals surface area contributed by atoms with Gasteiger partial charge in [-0.15, -0.1) is 0 Å². The van der Waals surface area contributed by atoms with Gasteiger partial charge in [-0.05, 0) is 55.3 Å². The molecule has 4 aromatic rings. The highest BCUT2D eigenvalue weighted by Crippen LogP contribution is 2.29. The van der Waals surface area contributed by atoms with Gasteiger partial charge < -0.3 is 9.73 Å². The SMILES string of the molecule is Cc1cc2occ(CC(=O)Nc3nc4ccc(S(C)(=O)=O)cc4s3)c2cc1C. The maximum atomic E-state index is 12.5. The third-order valence-corrected chi connectivity index (χ3v) is 6.70. The molecule has 0 aliphatic rings. The number of nitrogens with zero attached hydrogens (tertiary/aromatic N) is 1. The molecule has 0 saturated heterocycles. The third kappa shape index (κ3) is 3.53. The third-order valence-electron chi connectivity index (χ3n) is 4.66. The van der Waals surface area contributed by atoms with Gasteiger partial charge in [-0.25, -0.2) is 13.4 Å². The van der Waals surface area contributed by atoms with Crippen molar-refractivity contribution in [1.82, 2.24) is 4.98 Å². The number of amides is 1. The molecule has 0 saturated carbocycles. The summed E-state index contributed by atoms with van der Waals surface area (Å²) in [5.74, 6) is -0.205. The lowest BCUT2D eigenvalue weighted by Crippen LogP contribution is -2.13. The second-order valence-corrected chi connectivity index (χ2v) is 9.89. The van der Waals surface area contributed by atoms with Crippen LogP contribution in [0.3, 0.4) is 0 Å². The predicted molar refractivity (Wildman–Crippen MR) is 111 cm³/mol. The van der Waals surface area contributed by atoms with Gasteiger partial charge in [0.1, 0.15) is 5.58 Å². The van der Waals surface area contributed by atoms with Crippen molar-refractivity contribution in [2.24, 2.45) is 0 Å². The molecule has 0 fully saturated rings. The molecule has 0 atom stereocenters. The number of aromatic nitrogens is 1. The number of thiazole rings is 1. The monoisotopic (exact) mass is 414 g/mol. The van der Waals surface area contributed by atoms with E-state index in [1.807, 2.05) is 26.0 Å². The summed E-state index contributed by atoms with van der Waals surface area (Å²) in [6.07, 6.45) is 2.94. The molecule has 28 heavy (non-hydrogen) atoms. The van der Waals surface area contributed by atoms with E-state index in [2.05, 4.69) is 10.3 Å². The molecule has 4 rings (SSSR count). The standard InChI is InChI=1S/C20H18N2O4S2/c1-11-6-15-13(10-26-17(15)7-12(11)2)8-19(23)22-20-21-16-5-4-14(28(3,24)25)9-18(16)27-20/h4-7,9-10H,8H2,1-3H3,(H,21,22,23). The Bertz CT molecular complexity index is 1330. The Morgan fingerprint density at radius 1 is 1.18 bits per heavy atom. The van der Waals surface area contributed by atoms with Crippen LogP contribution >= 0.6 is 11.3 Å². The number of sulfone groups is 1. The van der Waals surface area contributed by atoms with E-state index in [1.54, 1.807) is 18.4 Å². The fourth-order valence-corrected chi connectivity index (χ4v) is 4.64. The average molecular weight is 415 g/mol. The predicted octanol–water partition coefficient (Wildman–Crippen LogP) is 4.24. The summed E-state index contributed by atoms with van der Waals surface area (Å²) >= 11 is 1.25. The Kier molecular flexibility index (Phi) is 4.47. The maximum Gasteiger partial charge on any atom is 0.230 e. The number of hydrogen-bond acceptors (Lipinski definition) is 6. The van der Waals surface area contributed by atoms with Crippen molar-refractivity contribution in [2.75, 3.05) is 11.6 Å². The van der Waals surface area contributed by atoms with Crippen LogP contribution < -0.4 is 5.32 Å². The van der Waals surface area contributed by atoms with E-state index < -0.39 is 9.84 Å². The van der Waals surface area contributed by atoms with Crippen molar-refractivity contribution in [3.8, 4) is 0 Å². The van der Waals surface area contributed by atoms with Gasteiger partial charge in [0.2, 0.25) is 5.91 Å². The molecule has 6 nitrogen and oxygen atoms in total. The minimum atomic E-state index is -3.29. The molecule has 1 N–H and O–H groups in total. The summed E-state index contributed by atoms with van der Waals surface area (Å²) in [6, 6.07) is 8.74.